The maximum Gasteiger partial charge on any atom is 0.330 e. The number of likely N-dealkylation sites (N-methyl/N-ethyl adjacent to an activating group) is 1. The maximum absolute atomic E-state index is 10.8. The highest BCUT2D eigenvalue weighted by atomic mass is 127. The first kappa shape index (κ1) is 17.3. The van der Waals surface area contributed by atoms with Gasteiger partial charge in [-0.1, -0.05) is 6.58 Å². The van der Waals surface area contributed by atoms with Gasteiger partial charge < -0.3 is 33.2 Å². The van der Waals surface area contributed by atoms with E-state index in [1.165, 1.54) is 6.08 Å². The van der Waals surface area contributed by atoms with E-state index in [2.05, 4.69) is 41.4 Å². The van der Waals surface area contributed by atoms with Crippen LogP contribution in [0.25, 0.3) is 0 Å². The van der Waals surface area contributed by atoms with E-state index in [9.17, 15) is 4.79 Å². The van der Waals surface area contributed by atoms with Gasteiger partial charge in [-0.2, -0.15) is 0 Å². The fraction of sp³-hybridized carbons (Fsp3) is 0.727. The minimum atomic E-state index is -0.348. The molecule has 0 aromatic heterocycles. The number of halogens is 1. The largest absolute Gasteiger partial charge is 1.00 e. The molecule has 15 heavy (non-hydrogen) atoms. The van der Waals surface area contributed by atoms with E-state index in [1.54, 1.807) is 0 Å². The van der Waals surface area contributed by atoms with Gasteiger partial charge in [-0.05, 0) is 20.8 Å². The van der Waals surface area contributed by atoms with Crippen LogP contribution in [0.5, 0.6) is 0 Å². The monoisotopic (exact) mass is 327 g/mol. The Morgan fingerprint density at radius 2 is 1.87 bits per heavy atom. The highest BCUT2D eigenvalue weighted by molar-refractivity contribution is 5.81. The summed E-state index contributed by atoms with van der Waals surface area (Å²) in [5.41, 5.74) is 0.153. The smallest absolute Gasteiger partial charge is 0.330 e. The van der Waals surface area contributed by atoms with Crippen LogP contribution >= 0.6 is 0 Å². The van der Waals surface area contributed by atoms with Crippen LogP contribution in [0.1, 0.15) is 20.8 Å². The van der Waals surface area contributed by atoms with Crippen molar-refractivity contribution in [2.75, 3.05) is 27.2 Å². The lowest BCUT2D eigenvalue weighted by molar-refractivity contribution is -0.935. The fourth-order valence-corrected chi connectivity index (χ4v) is 0.769. The molecule has 0 aromatic carbocycles. The van der Waals surface area contributed by atoms with Crippen molar-refractivity contribution in [1.82, 2.24) is 0 Å². The first-order valence-corrected chi connectivity index (χ1v) is 4.83. The Balaban J connectivity index is 0. The molecule has 0 atom stereocenters. The number of hydrogen-bond donors (Lipinski definition) is 0. The molecule has 0 aliphatic carbocycles. The molecule has 0 amide bonds. The summed E-state index contributed by atoms with van der Waals surface area (Å²) in [5, 5.41) is 0. The predicted molar refractivity (Wildman–Crippen MR) is 57.9 cm³/mol. The van der Waals surface area contributed by atoms with Gasteiger partial charge in [-0.25, -0.2) is 4.79 Å². The van der Waals surface area contributed by atoms with Gasteiger partial charge in [0.2, 0.25) is 0 Å². The third-order valence-electron chi connectivity index (χ3n) is 2.88. The molecule has 90 valence electrons. The number of carbonyl (C=O) groups is 1. The van der Waals surface area contributed by atoms with Crippen LogP contribution < -0.4 is 24.0 Å². The van der Waals surface area contributed by atoms with E-state index >= 15 is 0 Å². The zero-order chi connectivity index (χ0) is 11.4. The number of rotatable bonds is 4. The van der Waals surface area contributed by atoms with Crippen LogP contribution in [0.4, 0.5) is 0 Å². The third-order valence-corrected chi connectivity index (χ3v) is 2.88. The van der Waals surface area contributed by atoms with Crippen LogP contribution in [0.2, 0.25) is 0 Å². The Hall–Kier alpha value is -0.100. The second-order valence-corrected chi connectivity index (χ2v) is 4.95. The Morgan fingerprint density at radius 1 is 1.40 bits per heavy atom. The minimum Gasteiger partial charge on any atom is -1.00 e. The van der Waals surface area contributed by atoms with E-state index in [4.69, 9.17) is 4.74 Å². The molecular weight excluding hydrogens is 305 g/mol. The minimum absolute atomic E-state index is 0. The zero-order valence-corrected chi connectivity index (χ0v) is 12.5. The van der Waals surface area contributed by atoms with Crippen molar-refractivity contribution < 1.29 is 38.0 Å². The van der Waals surface area contributed by atoms with Crippen LogP contribution in [-0.2, 0) is 9.53 Å². The van der Waals surface area contributed by atoms with Gasteiger partial charge in [-0.3, -0.25) is 0 Å². The average molecular weight is 327 g/mol. The van der Waals surface area contributed by atoms with Crippen molar-refractivity contribution in [3.05, 3.63) is 12.7 Å². The van der Waals surface area contributed by atoms with Crippen molar-refractivity contribution >= 4 is 5.97 Å². The van der Waals surface area contributed by atoms with Crippen molar-refractivity contribution in [2.24, 2.45) is 0 Å². The number of nitrogens with zero attached hydrogens (tertiary/aromatic N) is 1. The van der Waals surface area contributed by atoms with E-state index in [0.717, 1.165) is 11.0 Å². The van der Waals surface area contributed by atoms with Crippen molar-refractivity contribution in [1.29, 1.82) is 0 Å². The molecule has 0 unspecified atom stereocenters. The summed E-state index contributed by atoms with van der Waals surface area (Å²) in [6.45, 7) is 11.1. The van der Waals surface area contributed by atoms with Gasteiger partial charge in [0.25, 0.3) is 0 Å². The fourth-order valence-electron chi connectivity index (χ4n) is 0.769. The van der Waals surface area contributed by atoms with Crippen molar-refractivity contribution in [3.8, 4) is 0 Å². The molecule has 0 saturated heterocycles. The summed E-state index contributed by atoms with van der Waals surface area (Å²) in [7, 11) is 4.25. The molecule has 0 saturated carbocycles. The molecule has 0 spiro atoms. The standard InChI is InChI=1S/C11H22NO2.HI/c1-7-10(13)14-9-8-12(5,6)11(2,3)4;/h7H,1,8-9H2,2-6H3;1H/q+1;/p-1. The van der Waals surface area contributed by atoms with Crippen LogP contribution in [-0.4, -0.2) is 43.2 Å². The van der Waals surface area contributed by atoms with E-state index < -0.39 is 0 Å². The SMILES string of the molecule is C=CC(=O)OCC[N+](C)(C)C(C)(C)C.[I-]. The molecule has 0 rings (SSSR count). The molecule has 4 heteroatoms. The first-order valence-electron chi connectivity index (χ1n) is 4.83. The average Bonchev–Trinajstić information content (AvgIpc) is 2.01. The normalized spacial score (nSPS) is 11.5. The first-order chi connectivity index (χ1) is 6.20. The Kier molecular flexibility index (Phi) is 7.47. The maximum atomic E-state index is 10.8. The quantitative estimate of drug-likeness (QED) is 0.275. The van der Waals surface area contributed by atoms with Gasteiger partial charge in [0, 0.05) is 6.08 Å². The molecule has 0 aliphatic rings. The van der Waals surface area contributed by atoms with Crippen molar-refractivity contribution in [3.63, 3.8) is 0 Å². The number of quaternary nitrogens is 1. The van der Waals surface area contributed by atoms with Gasteiger partial charge in [0.1, 0.15) is 13.2 Å². The summed E-state index contributed by atoms with van der Waals surface area (Å²) in [5.74, 6) is -0.348. The van der Waals surface area contributed by atoms with E-state index in [1.807, 2.05) is 0 Å². The summed E-state index contributed by atoms with van der Waals surface area (Å²) in [4.78, 5) is 10.8. The van der Waals surface area contributed by atoms with Gasteiger partial charge in [-0.15, -0.1) is 0 Å². The lowest BCUT2D eigenvalue weighted by Gasteiger charge is -2.42. The lowest BCUT2D eigenvalue weighted by Crippen LogP contribution is -3.00. The highest BCUT2D eigenvalue weighted by Gasteiger charge is 2.31. The highest BCUT2D eigenvalue weighted by Crippen LogP contribution is 2.18. The molecule has 0 N–H and O–H groups in total. The number of hydrogen-bond acceptors (Lipinski definition) is 2. The number of carbonyl (C=O) groups excluding carboxylic acids is 1. The van der Waals surface area contributed by atoms with Crippen LogP contribution in [0.15, 0.2) is 12.7 Å². The van der Waals surface area contributed by atoms with Gasteiger partial charge >= 0.3 is 5.97 Å². The molecule has 0 heterocycles. The Labute approximate surface area is 110 Å². The summed E-state index contributed by atoms with van der Waals surface area (Å²) >= 11 is 0. The molecule has 0 aliphatic heterocycles. The van der Waals surface area contributed by atoms with E-state index in [-0.39, 0.29) is 35.5 Å². The molecule has 0 aromatic rings. The summed E-state index contributed by atoms with van der Waals surface area (Å²) in [6.07, 6.45) is 1.19. The second kappa shape index (κ2) is 6.48. The summed E-state index contributed by atoms with van der Waals surface area (Å²) in [6, 6.07) is 0. The molecule has 0 fully saturated rings. The van der Waals surface area contributed by atoms with Crippen LogP contribution in [0, 0.1) is 0 Å². The molecular formula is C11H22INO2. The number of esters is 1. The zero-order valence-electron chi connectivity index (χ0n) is 10.3. The van der Waals surface area contributed by atoms with Crippen molar-refractivity contribution in [2.45, 2.75) is 26.3 Å². The number of ether oxygens (including phenoxy) is 1. The summed E-state index contributed by atoms with van der Waals surface area (Å²) < 4.78 is 5.77. The Bertz CT molecular complexity index is 219. The topological polar surface area (TPSA) is 26.3 Å². The molecule has 0 radical (unpaired) electrons. The molecule has 0 bridgehead atoms. The second-order valence-electron chi connectivity index (χ2n) is 4.95. The third kappa shape index (κ3) is 6.14. The predicted octanol–water partition coefficient (Wildman–Crippen LogP) is -1.41. The molecule has 3 nitrogen and oxygen atoms in total. The van der Waals surface area contributed by atoms with Crippen LogP contribution in [0.3, 0.4) is 0 Å². The van der Waals surface area contributed by atoms with Gasteiger partial charge in [0.05, 0.1) is 19.6 Å². The van der Waals surface area contributed by atoms with E-state index in [0.29, 0.717) is 6.61 Å². The van der Waals surface area contributed by atoms with Gasteiger partial charge in [0.15, 0.2) is 0 Å². The lowest BCUT2D eigenvalue weighted by atomic mass is 10.0. The Morgan fingerprint density at radius 3 is 2.20 bits per heavy atom.